The summed E-state index contributed by atoms with van der Waals surface area (Å²) in [6, 6.07) is 0. The van der Waals surface area contributed by atoms with Crippen molar-refractivity contribution in [3.63, 3.8) is 0 Å². The Morgan fingerprint density at radius 1 is 1.02 bits per heavy atom. The first kappa shape index (κ1) is 34.9. The molecule has 0 N–H and O–H groups in total. The average molecular weight is 617 g/mol. The maximum atomic E-state index is 13.7. The van der Waals surface area contributed by atoms with Crippen LogP contribution >= 0.6 is 11.7 Å². The molecule has 1 aromatic rings. The number of carbonyl (C=O) groups is 3. The number of ether oxygens (including phenoxy) is 4. The molecule has 41 heavy (non-hydrogen) atoms. The first-order valence-corrected chi connectivity index (χ1v) is 17.6. The monoisotopic (exact) mass is 616 g/mol. The van der Waals surface area contributed by atoms with Crippen LogP contribution in [0.2, 0.25) is 18.1 Å². The summed E-state index contributed by atoms with van der Waals surface area (Å²) in [6.45, 7) is 23.5. The molecule has 234 valence electrons. The van der Waals surface area contributed by atoms with Gasteiger partial charge >= 0.3 is 11.9 Å². The summed E-state index contributed by atoms with van der Waals surface area (Å²) in [7, 11) is -2.29. The second-order valence-corrected chi connectivity index (χ2v) is 18.0. The number of aromatic nitrogens is 2. The molecule has 0 radical (unpaired) electrons. The average Bonchev–Trinajstić information content (AvgIpc) is 3.32. The third-order valence-corrected chi connectivity index (χ3v) is 12.2. The Hall–Kier alpha value is -2.29. The molecule has 2 heterocycles. The Balaban J connectivity index is 2.27. The van der Waals surface area contributed by atoms with Gasteiger partial charge in [-0.2, -0.15) is 4.37 Å². The first-order chi connectivity index (χ1) is 18.8. The largest absolute Gasteiger partial charge is 0.472 e. The van der Waals surface area contributed by atoms with E-state index in [4.69, 9.17) is 23.4 Å². The van der Waals surface area contributed by atoms with Crippen LogP contribution in [0.15, 0.2) is 0 Å². The highest BCUT2D eigenvalue weighted by molar-refractivity contribution is 6.99. The zero-order valence-corrected chi connectivity index (χ0v) is 28.3. The first-order valence-electron chi connectivity index (χ1n) is 14.0. The van der Waals surface area contributed by atoms with Gasteiger partial charge in [0.05, 0.1) is 31.0 Å². The third kappa shape index (κ3) is 10.2. The van der Waals surface area contributed by atoms with Crippen LogP contribution in [0, 0.1) is 0 Å². The molecule has 1 aliphatic rings. The maximum Gasteiger partial charge on any atom is 0.347 e. The summed E-state index contributed by atoms with van der Waals surface area (Å²) >= 11 is 1.08. The lowest BCUT2D eigenvalue weighted by molar-refractivity contribution is -0.174. The van der Waals surface area contributed by atoms with Crippen LogP contribution in [0.4, 0.5) is 5.82 Å². The van der Waals surface area contributed by atoms with Crippen molar-refractivity contribution in [1.82, 2.24) is 13.6 Å². The molecule has 1 amide bonds. The lowest BCUT2D eigenvalue weighted by Gasteiger charge is -2.43. The molecule has 12 nitrogen and oxygen atoms in total. The number of morpholine rings is 1. The SMILES string of the molecule is CC(=O)OC(C)C(=O)OC(C)C(=O)N(CC(COc1nsnc1N1CCOCC1)O[Si](C)(C)C(C)(C)C)C(C)(C)C. The summed E-state index contributed by atoms with van der Waals surface area (Å²) in [5, 5.41) is -0.0847. The Morgan fingerprint density at radius 3 is 2.17 bits per heavy atom. The van der Waals surface area contributed by atoms with Crippen LogP contribution in [-0.4, -0.2) is 103 Å². The van der Waals surface area contributed by atoms with Gasteiger partial charge in [0.1, 0.15) is 6.61 Å². The molecule has 0 aliphatic carbocycles. The van der Waals surface area contributed by atoms with Crippen molar-refractivity contribution in [2.24, 2.45) is 0 Å². The van der Waals surface area contributed by atoms with Crippen molar-refractivity contribution < 1.29 is 37.8 Å². The number of rotatable bonds is 12. The van der Waals surface area contributed by atoms with Crippen LogP contribution < -0.4 is 9.64 Å². The minimum absolute atomic E-state index is 0.0847. The minimum atomic E-state index is -2.29. The Bertz CT molecular complexity index is 1030. The Labute approximate surface area is 249 Å². The van der Waals surface area contributed by atoms with Crippen molar-refractivity contribution in [3.8, 4) is 5.88 Å². The topological polar surface area (TPSA) is 130 Å². The van der Waals surface area contributed by atoms with E-state index in [0.29, 0.717) is 38.0 Å². The highest BCUT2D eigenvalue weighted by Gasteiger charge is 2.42. The molecule has 3 unspecified atom stereocenters. The van der Waals surface area contributed by atoms with Gasteiger partial charge in [-0.15, -0.1) is 4.37 Å². The molecule has 0 spiro atoms. The van der Waals surface area contributed by atoms with Crippen molar-refractivity contribution in [2.45, 2.75) is 104 Å². The molecule has 1 aliphatic heterocycles. The summed E-state index contributed by atoms with van der Waals surface area (Å²) < 4.78 is 37.6. The van der Waals surface area contributed by atoms with Crippen LogP contribution in [0.25, 0.3) is 0 Å². The summed E-state index contributed by atoms with van der Waals surface area (Å²) in [6.07, 6.45) is -2.73. The second-order valence-electron chi connectivity index (χ2n) is 12.8. The number of carbonyl (C=O) groups excluding carboxylic acids is 3. The third-order valence-electron chi connectivity index (χ3n) is 7.20. The van der Waals surface area contributed by atoms with E-state index in [-0.39, 0.29) is 18.2 Å². The molecule has 1 aromatic heterocycles. The molecule has 3 atom stereocenters. The molecular formula is C27H48N4O8SSi. The number of amides is 1. The van der Waals surface area contributed by atoms with Gasteiger partial charge in [0.2, 0.25) is 5.82 Å². The van der Waals surface area contributed by atoms with Gasteiger partial charge in [-0.3, -0.25) is 9.59 Å². The lowest BCUT2D eigenvalue weighted by Crippen LogP contribution is -2.56. The highest BCUT2D eigenvalue weighted by Crippen LogP contribution is 2.38. The smallest absolute Gasteiger partial charge is 0.347 e. The van der Waals surface area contributed by atoms with Gasteiger partial charge in [-0.1, -0.05) is 20.8 Å². The van der Waals surface area contributed by atoms with Gasteiger partial charge in [-0.25, -0.2) is 4.79 Å². The van der Waals surface area contributed by atoms with Crippen LogP contribution in [-0.2, 0) is 33.0 Å². The standard InChI is InChI=1S/C27H48N4O8SSi/c1-18(38-25(34)19(2)37-20(3)32)24(33)31(26(4,5)6)16-21(39-41(10,11)27(7,8)9)17-36-23-22(28-40-29-23)30-12-14-35-15-13-30/h18-19,21H,12-17H2,1-11H3. The molecule has 0 aromatic carbocycles. The predicted molar refractivity (Wildman–Crippen MR) is 159 cm³/mol. The van der Waals surface area contributed by atoms with E-state index in [2.05, 4.69) is 47.5 Å². The predicted octanol–water partition coefficient (Wildman–Crippen LogP) is 3.65. The summed E-state index contributed by atoms with van der Waals surface area (Å²) in [4.78, 5) is 41.1. The van der Waals surface area contributed by atoms with E-state index in [1.165, 1.54) is 20.8 Å². The van der Waals surface area contributed by atoms with E-state index >= 15 is 0 Å². The fourth-order valence-electron chi connectivity index (χ4n) is 3.86. The Morgan fingerprint density at radius 2 is 1.63 bits per heavy atom. The van der Waals surface area contributed by atoms with Gasteiger partial charge in [0.25, 0.3) is 11.8 Å². The van der Waals surface area contributed by atoms with E-state index in [1.54, 1.807) is 4.90 Å². The molecule has 0 bridgehead atoms. The molecule has 1 fully saturated rings. The van der Waals surface area contributed by atoms with Gasteiger partial charge in [-0.05, 0) is 52.8 Å². The van der Waals surface area contributed by atoms with Crippen molar-refractivity contribution in [3.05, 3.63) is 0 Å². The van der Waals surface area contributed by atoms with Gasteiger partial charge < -0.3 is 33.2 Å². The minimum Gasteiger partial charge on any atom is -0.472 e. The van der Waals surface area contributed by atoms with Crippen molar-refractivity contribution in [2.75, 3.05) is 44.4 Å². The van der Waals surface area contributed by atoms with Gasteiger partial charge in [0.15, 0.2) is 20.5 Å². The van der Waals surface area contributed by atoms with Crippen molar-refractivity contribution >= 4 is 43.7 Å². The van der Waals surface area contributed by atoms with Gasteiger partial charge in [0, 0.05) is 32.1 Å². The highest BCUT2D eigenvalue weighted by atomic mass is 32.1. The molecule has 1 saturated heterocycles. The summed E-state index contributed by atoms with van der Waals surface area (Å²) in [5.41, 5.74) is -0.630. The van der Waals surface area contributed by atoms with Crippen LogP contribution in [0.5, 0.6) is 5.88 Å². The molecular weight excluding hydrogens is 568 g/mol. The molecule has 14 heteroatoms. The van der Waals surface area contributed by atoms with Crippen LogP contribution in [0.1, 0.15) is 62.3 Å². The van der Waals surface area contributed by atoms with Crippen molar-refractivity contribution in [1.29, 1.82) is 0 Å². The second kappa shape index (κ2) is 14.3. The number of hydrogen-bond donors (Lipinski definition) is 0. The fraction of sp³-hybridized carbons (Fsp3) is 0.815. The quantitative estimate of drug-likeness (QED) is 0.252. The maximum absolute atomic E-state index is 13.7. The Kier molecular flexibility index (Phi) is 12.1. The summed E-state index contributed by atoms with van der Waals surface area (Å²) in [5.74, 6) is -0.692. The van der Waals surface area contributed by atoms with E-state index in [9.17, 15) is 14.4 Å². The van der Waals surface area contributed by atoms with E-state index in [1.807, 2.05) is 20.8 Å². The normalized spacial score (nSPS) is 16.9. The van der Waals surface area contributed by atoms with E-state index < -0.39 is 50.0 Å². The zero-order chi connectivity index (χ0) is 31.2. The zero-order valence-electron chi connectivity index (χ0n) is 26.4. The number of hydrogen-bond acceptors (Lipinski definition) is 12. The van der Waals surface area contributed by atoms with E-state index in [0.717, 1.165) is 11.7 Å². The lowest BCUT2D eigenvalue weighted by atomic mass is 10.0. The molecule has 0 saturated carbocycles. The number of esters is 2. The molecule has 2 rings (SSSR count). The fourth-order valence-corrected chi connectivity index (χ4v) is 5.71. The number of anilines is 1. The number of nitrogens with zero attached hydrogens (tertiary/aromatic N) is 4. The van der Waals surface area contributed by atoms with Crippen LogP contribution in [0.3, 0.4) is 0 Å².